The summed E-state index contributed by atoms with van der Waals surface area (Å²) in [6, 6.07) is 3.08. The maximum Gasteiger partial charge on any atom is 0.325 e. The predicted octanol–water partition coefficient (Wildman–Crippen LogP) is 2.54. The molecule has 0 fully saturated rings. The number of rotatable bonds is 8. The Morgan fingerprint density at radius 1 is 1.45 bits per heavy atom. The zero-order chi connectivity index (χ0) is 15.1. The Kier molecular flexibility index (Phi) is 6.91. The Morgan fingerprint density at radius 2 is 2.10 bits per heavy atom. The quantitative estimate of drug-likeness (QED) is 0.775. The number of benzene rings is 1. The molecule has 20 heavy (non-hydrogen) atoms. The molecule has 2 N–H and O–H groups in total. The molecule has 0 bridgehead atoms. The van der Waals surface area contributed by atoms with Crippen LogP contribution < -0.4 is 5.32 Å². The smallest absolute Gasteiger partial charge is 0.325 e. The molecule has 112 valence electrons. The summed E-state index contributed by atoms with van der Waals surface area (Å²) in [7, 11) is 0. The van der Waals surface area contributed by atoms with Gasteiger partial charge in [-0.05, 0) is 30.8 Å². The van der Waals surface area contributed by atoms with E-state index >= 15 is 0 Å². The minimum Gasteiger partial charge on any atom is -0.480 e. The predicted molar refractivity (Wildman–Crippen MR) is 77.6 cm³/mol. The molecule has 1 aromatic rings. The number of aliphatic carboxylic acids is 1. The van der Waals surface area contributed by atoms with Crippen molar-refractivity contribution in [3.05, 3.63) is 34.6 Å². The van der Waals surface area contributed by atoms with Gasteiger partial charge in [-0.3, -0.25) is 10.1 Å². The lowest BCUT2D eigenvalue weighted by atomic mass is 10.1. The van der Waals surface area contributed by atoms with E-state index in [1.54, 1.807) is 0 Å². The molecule has 0 amide bonds. The first-order chi connectivity index (χ1) is 9.49. The number of hydrogen-bond acceptors (Lipinski definition) is 3. The molecule has 4 nitrogen and oxygen atoms in total. The highest BCUT2D eigenvalue weighted by Crippen LogP contribution is 2.21. The van der Waals surface area contributed by atoms with Crippen molar-refractivity contribution in [1.29, 1.82) is 0 Å². The third-order valence-electron chi connectivity index (χ3n) is 3.19. The van der Waals surface area contributed by atoms with Crippen molar-refractivity contribution in [3.8, 4) is 0 Å². The van der Waals surface area contributed by atoms with Crippen molar-refractivity contribution < 1.29 is 14.3 Å². The zero-order valence-corrected chi connectivity index (χ0v) is 12.5. The molecular weight excluding hydrogens is 283 g/mol. The van der Waals surface area contributed by atoms with Crippen molar-refractivity contribution in [2.24, 2.45) is 0 Å². The van der Waals surface area contributed by atoms with Crippen LogP contribution in [0.2, 0.25) is 5.02 Å². The highest BCUT2D eigenvalue weighted by atomic mass is 35.5. The second kappa shape index (κ2) is 8.19. The topological polar surface area (TPSA) is 52.6 Å². The van der Waals surface area contributed by atoms with Crippen LogP contribution in [0.5, 0.6) is 0 Å². The van der Waals surface area contributed by atoms with Gasteiger partial charge in [0.1, 0.15) is 11.9 Å². The van der Waals surface area contributed by atoms with Crippen LogP contribution in [0.15, 0.2) is 18.2 Å². The molecule has 0 saturated carbocycles. The monoisotopic (exact) mass is 302 g/mol. The fourth-order valence-corrected chi connectivity index (χ4v) is 2.14. The number of carbonyl (C=O) groups is 1. The molecule has 0 aliphatic carbocycles. The molecule has 1 rings (SSSR count). The van der Waals surface area contributed by atoms with Gasteiger partial charge in [-0.1, -0.05) is 31.5 Å². The summed E-state index contributed by atoms with van der Waals surface area (Å²) in [5.74, 6) is -1.56. The fourth-order valence-electron chi connectivity index (χ4n) is 1.95. The molecule has 0 aromatic heterocycles. The van der Waals surface area contributed by atoms with Gasteiger partial charge in [0.2, 0.25) is 0 Å². The summed E-state index contributed by atoms with van der Waals surface area (Å²) in [5, 5.41) is 12.1. The van der Waals surface area contributed by atoms with Crippen molar-refractivity contribution >= 4 is 17.6 Å². The van der Waals surface area contributed by atoms with E-state index in [-0.39, 0.29) is 5.02 Å². The van der Waals surface area contributed by atoms with E-state index in [0.717, 1.165) is 19.6 Å². The lowest BCUT2D eigenvalue weighted by molar-refractivity contribution is -0.139. The van der Waals surface area contributed by atoms with Crippen molar-refractivity contribution in [1.82, 2.24) is 10.2 Å². The summed E-state index contributed by atoms with van der Waals surface area (Å²) in [6.45, 7) is 7.23. The lowest BCUT2D eigenvalue weighted by Gasteiger charge is -2.20. The Balaban J connectivity index is 2.69. The van der Waals surface area contributed by atoms with E-state index in [2.05, 4.69) is 24.1 Å². The lowest BCUT2D eigenvalue weighted by Crippen LogP contribution is -2.36. The van der Waals surface area contributed by atoms with Crippen molar-refractivity contribution in [3.63, 3.8) is 0 Å². The van der Waals surface area contributed by atoms with Crippen molar-refractivity contribution in [2.45, 2.75) is 19.9 Å². The SMILES string of the molecule is CCN(CC)CCNC(C(=O)O)c1ccc(F)c(Cl)c1. The maximum absolute atomic E-state index is 13.1. The molecule has 0 aliphatic rings. The molecule has 0 aliphatic heterocycles. The average Bonchev–Trinajstić information content (AvgIpc) is 2.42. The van der Waals surface area contributed by atoms with E-state index < -0.39 is 17.8 Å². The van der Waals surface area contributed by atoms with Crippen LogP contribution in [-0.2, 0) is 4.79 Å². The minimum absolute atomic E-state index is 0.0701. The van der Waals surface area contributed by atoms with E-state index in [1.807, 2.05) is 0 Å². The van der Waals surface area contributed by atoms with E-state index in [4.69, 9.17) is 11.6 Å². The molecular formula is C14H20ClFN2O2. The number of hydrogen-bond donors (Lipinski definition) is 2. The Morgan fingerprint density at radius 3 is 2.60 bits per heavy atom. The van der Waals surface area contributed by atoms with Gasteiger partial charge in [0.05, 0.1) is 5.02 Å². The largest absolute Gasteiger partial charge is 0.480 e. The van der Waals surface area contributed by atoms with Crippen molar-refractivity contribution in [2.75, 3.05) is 26.2 Å². The second-order valence-corrected chi connectivity index (χ2v) is 4.83. The van der Waals surface area contributed by atoms with Crippen LogP contribution in [0.3, 0.4) is 0 Å². The summed E-state index contributed by atoms with van der Waals surface area (Å²) in [6.07, 6.45) is 0. The molecule has 0 spiro atoms. The number of carboxylic acids is 1. The van der Waals surface area contributed by atoms with Gasteiger partial charge in [-0.15, -0.1) is 0 Å². The number of nitrogens with zero attached hydrogens (tertiary/aromatic N) is 1. The molecule has 1 atom stereocenters. The molecule has 1 aromatic carbocycles. The molecule has 1 unspecified atom stereocenters. The Bertz CT molecular complexity index is 453. The highest BCUT2D eigenvalue weighted by molar-refractivity contribution is 6.30. The molecule has 0 saturated heterocycles. The van der Waals surface area contributed by atoms with Crippen LogP contribution in [-0.4, -0.2) is 42.2 Å². The second-order valence-electron chi connectivity index (χ2n) is 4.43. The van der Waals surface area contributed by atoms with E-state index in [0.29, 0.717) is 12.1 Å². The first kappa shape index (κ1) is 16.9. The summed E-state index contributed by atoms with van der Waals surface area (Å²) < 4.78 is 13.1. The number of likely N-dealkylation sites (N-methyl/N-ethyl adjacent to an activating group) is 1. The Labute approximate surface area is 123 Å². The third-order valence-corrected chi connectivity index (χ3v) is 3.48. The standard InChI is InChI=1S/C14H20ClFN2O2/c1-3-18(4-2)8-7-17-13(14(19)20)10-5-6-12(16)11(15)9-10/h5-6,9,13,17H,3-4,7-8H2,1-2H3,(H,19,20). The first-order valence-corrected chi connectivity index (χ1v) is 7.00. The van der Waals surface area contributed by atoms with Gasteiger partial charge >= 0.3 is 5.97 Å². The summed E-state index contributed by atoms with van der Waals surface area (Å²) in [4.78, 5) is 13.5. The first-order valence-electron chi connectivity index (χ1n) is 6.63. The van der Waals surface area contributed by atoms with Crippen LogP contribution in [0.4, 0.5) is 4.39 Å². The molecule has 0 radical (unpaired) electrons. The normalized spacial score (nSPS) is 12.7. The van der Waals surface area contributed by atoms with Gasteiger partial charge in [0, 0.05) is 13.1 Å². The number of halogens is 2. The average molecular weight is 303 g/mol. The molecule has 0 heterocycles. The summed E-state index contributed by atoms with van der Waals surface area (Å²) >= 11 is 5.69. The summed E-state index contributed by atoms with van der Waals surface area (Å²) in [5.41, 5.74) is 0.448. The van der Waals surface area contributed by atoms with Crippen LogP contribution >= 0.6 is 11.6 Å². The fraction of sp³-hybridized carbons (Fsp3) is 0.500. The van der Waals surface area contributed by atoms with Gasteiger partial charge in [-0.25, -0.2) is 4.39 Å². The van der Waals surface area contributed by atoms with Gasteiger partial charge in [0.25, 0.3) is 0 Å². The maximum atomic E-state index is 13.1. The van der Waals surface area contributed by atoms with Crippen LogP contribution in [0.1, 0.15) is 25.5 Å². The van der Waals surface area contributed by atoms with E-state index in [1.165, 1.54) is 18.2 Å². The number of carboxylic acid groups (broad SMARTS) is 1. The number of nitrogens with one attached hydrogen (secondary N) is 1. The van der Waals surface area contributed by atoms with Gasteiger partial charge in [-0.2, -0.15) is 0 Å². The van der Waals surface area contributed by atoms with Crippen LogP contribution in [0.25, 0.3) is 0 Å². The Hall–Kier alpha value is -1.17. The van der Waals surface area contributed by atoms with Gasteiger partial charge in [0.15, 0.2) is 0 Å². The highest BCUT2D eigenvalue weighted by Gasteiger charge is 2.20. The van der Waals surface area contributed by atoms with Crippen LogP contribution in [0, 0.1) is 5.82 Å². The minimum atomic E-state index is -1.01. The zero-order valence-electron chi connectivity index (χ0n) is 11.7. The molecule has 6 heteroatoms. The van der Waals surface area contributed by atoms with E-state index in [9.17, 15) is 14.3 Å². The van der Waals surface area contributed by atoms with Gasteiger partial charge < -0.3 is 10.0 Å². The third kappa shape index (κ3) is 4.74.